The molecular formula is C23H38IN5O. The van der Waals surface area contributed by atoms with Gasteiger partial charge in [-0.1, -0.05) is 31.2 Å². The van der Waals surface area contributed by atoms with E-state index in [-0.39, 0.29) is 29.9 Å². The molecule has 0 aromatic heterocycles. The minimum Gasteiger partial charge on any atom is -0.357 e. The maximum Gasteiger partial charge on any atom is 0.219 e. The highest BCUT2D eigenvalue weighted by Crippen LogP contribution is 2.18. The molecule has 30 heavy (non-hydrogen) atoms. The molecule has 6 nitrogen and oxygen atoms in total. The lowest BCUT2D eigenvalue weighted by atomic mass is 9.98. The minimum atomic E-state index is 0. The van der Waals surface area contributed by atoms with Crippen molar-refractivity contribution in [3.8, 4) is 0 Å². The number of halogens is 1. The normalized spacial score (nSPS) is 18.8. The van der Waals surface area contributed by atoms with E-state index >= 15 is 0 Å². The van der Waals surface area contributed by atoms with Gasteiger partial charge in [0.05, 0.1) is 6.54 Å². The van der Waals surface area contributed by atoms with E-state index in [1.165, 1.54) is 37.1 Å². The molecule has 2 aliphatic heterocycles. The van der Waals surface area contributed by atoms with Crippen molar-refractivity contribution >= 4 is 35.8 Å². The van der Waals surface area contributed by atoms with E-state index in [0.29, 0.717) is 6.54 Å². The van der Waals surface area contributed by atoms with Crippen LogP contribution in [0.3, 0.4) is 0 Å². The summed E-state index contributed by atoms with van der Waals surface area (Å²) in [6, 6.07) is 8.87. The van der Waals surface area contributed by atoms with Crippen LogP contribution >= 0.6 is 24.0 Å². The van der Waals surface area contributed by atoms with Crippen molar-refractivity contribution in [3.63, 3.8) is 0 Å². The summed E-state index contributed by atoms with van der Waals surface area (Å²) < 4.78 is 0. The van der Waals surface area contributed by atoms with E-state index in [9.17, 15) is 4.79 Å². The molecule has 2 aliphatic rings. The van der Waals surface area contributed by atoms with Crippen molar-refractivity contribution in [2.45, 2.75) is 46.7 Å². The number of benzene rings is 1. The maximum absolute atomic E-state index is 11.6. The van der Waals surface area contributed by atoms with Gasteiger partial charge in [-0.25, -0.2) is 4.99 Å². The molecular weight excluding hydrogens is 489 g/mol. The third-order valence-electron chi connectivity index (χ3n) is 6.04. The van der Waals surface area contributed by atoms with Gasteiger partial charge < -0.3 is 15.1 Å². The van der Waals surface area contributed by atoms with Gasteiger partial charge in [0.25, 0.3) is 0 Å². The molecule has 0 saturated carbocycles. The van der Waals surface area contributed by atoms with Crippen LogP contribution in [0.15, 0.2) is 29.3 Å². The summed E-state index contributed by atoms with van der Waals surface area (Å²) in [5.74, 6) is 1.98. The molecule has 0 aliphatic carbocycles. The predicted octanol–water partition coefficient (Wildman–Crippen LogP) is 3.17. The number of carbonyl (C=O) groups is 1. The number of hydrogen-bond acceptors (Lipinski definition) is 3. The Balaban J connectivity index is 0.00000320. The number of piperazine rings is 1. The number of guanidine groups is 1. The lowest BCUT2D eigenvalue weighted by Gasteiger charge is -2.36. The molecule has 1 aromatic carbocycles. The summed E-state index contributed by atoms with van der Waals surface area (Å²) >= 11 is 0. The van der Waals surface area contributed by atoms with Crippen LogP contribution in [0.25, 0.3) is 0 Å². The first-order chi connectivity index (χ1) is 14.0. The Labute approximate surface area is 199 Å². The highest BCUT2D eigenvalue weighted by Gasteiger charge is 2.21. The zero-order chi connectivity index (χ0) is 20.6. The Morgan fingerprint density at radius 1 is 1.07 bits per heavy atom. The molecule has 0 atom stereocenters. The van der Waals surface area contributed by atoms with E-state index in [0.717, 1.165) is 51.1 Å². The molecule has 0 radical (unpaired) electrons. The van der Waals surface area contributed by atoms with Crippen LogP contribution in [0.5, 0.6) is 0 Å². The monoisotopic (exact) mass is 527 g/mol. The van der Waals surface area contributed by atoms with Crippen molar-refractivity contribution in [2.24, 2.45) is 10.9 Å². The van der Waals surface area contributed by atoms with Crippen molar-refractivity contribution in [3.05, 3.63) is 35.4 Å². The van der Waals surface area contributed by atoms with Crippen LogP contribution < -0.4 is 5.32 Å². The number of rotatable bonds is 5. The Kier molecular flexibility index (Phi) is 10.4. The van der Waals surface area contributed by atoms with Gasteiger partial charge in [0, 0.05) is 46.2 Å². The summed E-state index contributed by atoms with van der Waals surface area (Å²) in [4.78, 5) is 23.2. The fraction of sp³-hybridized carbons (Fsp3) is 0.652. The van der Waals surface area contributed by atoms with Gasteiger partial charge in [-0.05, 0) is 49.9 Å². The largest absolute Gasteiger partial charge is 0.357 e. The first kappa shape index (κ1) is 24.9. The van der Waals surface area contributed by atoms with Crippen LogP contribution in [-0.2, 0) is 17.9 Å². The average molecular weight is 527 g/mol. The second-order valence-corrected chi connectivity index (χ2v) is 8.44. The number of nitrogens with one attached hydrogen (secondary N) is 1. The molecule has 2 saturated heterocycles. The quantitative estimate of drug-likeness (QED) is 0.363. The van der Waals surface area contributed by atoms with E-state index < -0.39 is 0 Å². The fourth-order valence-electron chi connectivity index (χ4n) is 4.13. The average Bonchev–Trinajstić information content (AvgIpc) is 2.73. The van der Waals surface area contributed by atoms with E-state index in [2.05, 4.69) is 53.2 Å². The van der Waals surface area contributed by atoms with Gasteiger partial charge in [-0.15, -0.1) is 24.0 Å². The number of hydrogen-bond donors (Lipinski definition) is 1. The van der Waals surface area contributed by atoms with Gasteiger partial charge in [0.15, 0.2) is 5.96 Å². The number of aliphatic imine (C=N–C) groups is 1. The first-order valence-corrected chi connectivity index (χ1v) is 11.1. The molecule has 0 bridgehead atoms. The van der Waals surface area contributed by atoms with Gasteiger partial charge in [0.1, 0.15) is 0 Å². The summed E-state index contributed by atoms with van der Waals surface area (Å²) in [6.45, 7) is 14.3. The zero-order valence-corrected chi connectivity index (χ0v) is 21.1. The SMILES string of the molecule is CCNC(=NCc1cccc(CN2CCC(C)CC2)c1)N1CCN(C(C)=O)CC1.I. The fourth-order valence-corrected chi connectivity index (χ4v) is 4.13. The number of nitrogens with zero attached hydrogens (tertiary/aromatic N) is 4. The number of carbonyl (C=O) groups excluding carboxylic acids is 1. The lowest BCUT2D eigenvalue weighted by Crippen LogP contribution is -2.53. The smallest absolute Gasteiger partial charge is 0.219 e. The minimum absolute atomic E-state index is 0. The van der Waals surface area contributed by atoms with Crippen LogP contribution in [0, 0.1) is 5.92 Å². The van der Waals surface area contributed by atoms with Crippen LogP contribution in [-0.4, -0.2) is 72.4 Å². The van der Waals surface area contributed by atoms with Gasteiger partial charge in [-0.2, -0.15) is 0 Å². The van der Waals surface area contributed by atoms with Crippen molar-refractivity contribution in [1.29, 1.82) is 0 Å². The zero-order valence-electron chi connectivity index (χ0n) is 18.8. The van der Waals surface area contributed by atoms with Gasteiger partial charge >= 0.3 is 0 Å². The Bertz CT molecular complexity index is 695. The standard InChI is InChI=1S/C23H37N5O.HI/c1-4-24-23(28-14-12-27(13-15-28)20(3)29)25-17-21-6-5-7-22(16-21)18-26-10-8-19(2)9-11-26;/h5-7,16,19H,4,8-15,17-18H2,1-3H3,(H,24,25);1H. The third-order valence-corrected chi connectivity index (χ3v) is 6.04. The Morgan fingerprint density at radius 3 is 2.33 bits per heavy atom. The topological polar surface area (TPSA) is 51.2 Å². The molecule has 0 unspecified atom stereocenters. The molecule has 3 rings (SSSR count). The lowest BCUT2D eigenvalue weighted by molar-refractivity contribution is -0.130. The molecule has 1 N–H and O–H groups in total. The second kappa shape index (κ2) is 12.5. The Morgan fingerprint density at radius 2 is 1.70 bits per heavy atom. The van der Waals surface area contributed by atoms with Crippen LogP contribution in [0.2, 0.25) is 0 Å². The molecule has 2 fully saturated rings. The van der Waals surface area contributed by atoms with E-state index in [4.69, 9.17) is 4.99 Å². The van der Waals surface area contributed by atoms with E-state index in [1.54, 1.807) is 6.92 Å². The highest BCUT2D eigenvalue weighted by atomic mass is 127. The molecule has 2 heterocycles. The number of piperidine rings is 1. The van der Waals surface area contributed by atoms with Gasteiger partial charge in [-0.3, -0.25) is 9.69 Å². The summed E-state index contributed by atoms with van der Waals surface area (Å²) in [5.41, 5.74) is 2.64. The molecule has 1 amide bonds. The maximum atomic E-state index is 11.6. The number of amides is 1. The summed E-state index contributed by atoms with van der Waals surface area (Å²) in [6.07, 6.45) is 2.62. The molecule has 1 aromatic rings. The third kappa shape index (κ3) is 7.41. The van der Waals surface area contributed by atoms with Crippen molar-refractivity contribution in [2.75, 3.05) is 45.8 Å². The second-order valence-electron chi connectivity index (χ2n) is 8.44. The predicted molar refractivity (Wildman–Crippen MR) is 134 cm³/mol. The van der Waals surface area contributed by atoms with E-state index in [1.807, 2.05) is 4.90 Å². The van der Waals surface area contributed by atoms with Crippen LogP contribution in [0.4, 0.5) is 0 Å². The highest BCUT2D eigenvalue weighted by molar-refractivity contribution is 14.0. The number of likely N-dealkylation sites (tertiary alicyclic amines) is 1. The van der Waals surface area contributed by atoms with Gasteiger partial charge in [0.2, 0.25) is 5.91 Å². The Hall–Kier alpha value is -1.35. The first-order valence-electron chi connectivity index (χ1n) is 11.1. The molecule has 168 valence electrons. The summed E-state index contributed by atoms with van der Waals surface area (Å²) in [5, 5.41) is 3.42. The van der Waals surface area contributed by atoms with Crippen molar-refractivity contribution < 1.29 is 4.79 Å². The summed E-state index contributed by atoms with van der Waals surface area (Å²) in [7, 11) is 0. The molecule has 7 heteroatoms. The molecule has 0 spiro atoms. The van der Waals surface area contributed by atoms with Crippen molar-refractivity contribution in [1.82, 2.24) is 20.0 Å². The van der Waals surface area contributed by atoms with Crippen LogP contribution in [0.1, 0.15) is 44.7 Å².